The fraction of sp³-hybridized carbons (Fsp3) is 0.188. The fourth-order valence-corrected chi connectivity index (χ4v) is 1.82. The van der Waals surface area contributed by atoms with E-state index in [2.05, 4.69) is 0 Å². The summed E-state index contributed by atoms with van der Waals surface area (Å²) in [4.78, 5) is 11.1. The first kappa shape index (κ1) is 14.2. The van der Waals surface area contributed by atoms with Crippen molar-refractivity contribution >= 4 is 5.78 Å². The van der Waals surface area contributed by atoms with Crippen molar-refractivity contribution in [1.82, 2.24) is 0 Å². The van der Waals surface area contributed by atoms with Crippen LogP contribution in [0.2, 0.25) is 0 Å². The van der Waals surface area contributed by atoms with Gasteiger partial charge in [0, 0.05) is 6.07 Å². The number of ether oxygens (including phenoxy) is 1. The number of benzene rings is 2. The summed E-state index contributed by atoms with van der Waals surface area (Å²) in [6.07, 6.45) is -0.785. The number of hydrogen-bond donors (Lipinski definition) is 1. The van der Waals surface area contributed by atoms with Crippen LogP contribution in [0.4, 0.5) is 4.39 Å². The van der Waals surface area contributed by atoms with Crippen molar-refractivity contribution in [2.45, 2.75) is 13.0 Å². The van der Waals surface area contributed by atoms with Gasteiger partial charge in [-0.2, -0.15) is 0 Å². The largest absolute Gasteiger partial charge is 0.490 e. The van der Waals surface area contributed by atoms with Gasteiger partial charge in [0.15, 0.2) is 5.78 Å². The molecule has 0 heterocycles. The number of carbonyl (C=O) groups excluding carboxylic acids is 1. The lowest BCUT2D eigenvalue weighted by atomic mass is 10.1. The summed E-state index contributed by atoms with van der Waals surface area (Å²) in [5, 5.41) is 9.92. The fourth-order valence-electron chi connectivity index (χ4n) is 1.82. The van der Waals surface area contributed by atoms with Gasteiger partial charge in [0.2, 0.25) is 0 Å². The lowest BCUT2D eigenvalue weighted by molar-refractivity contribution is 0.101. The number of aliphatic hydroxyl groups is 1. The van der Waals surface area contributed by atoms with Crippen molar-refractivity contribution < 1.29 is 19.0 Å². The second kappa shape index (κ2) is 6.30. The maximum Gasteiger partial charge on any atom is 0.162 e. The molecule has 1 unspecified atom stereocenters. The summed E-state index contributed by atoms with van der Waals surface area (Å²) in [6.45, 7) is 1.32. The van der Waals surface area contributed by atoms with Crippen LogP contribution >= 0.6 is 0 Å². The number of rotatable bonds is 5. The highest BCUT2D eigenvalue weighted by atomic mass is 19.1. The molecule has 3 nitrogen and oxygen atoms in total. The lowest BCUT2D eigenvalue weighted by Gasteiger charge is -2.13. The third kappa shape index (κ3) is 3.42. The highest BCUT2D eigenvalue weighted by Gasteiger charge is 2.11. The van der Waals surface area contributed by atoms with Crippen molar-refractivity contribution in [2.24, 2.45) is 0 Å². The van der Waals surface area contributed by atoms with Crippen molar-refractivity contribution in [3.8, 4) is 5.75 Å². The van der Waals surface area contributed by atoms with E-state index in [9.17, 15) is 14.3 Å². The predicted octanol–water partition coefficient (Wildman–Crippen LogP) is 3.14. The van der Waals surface area contributed by atoms with Crippen LogP contribution in [-0.2, 0) is 0 Å². The van der Waals surface area contributed by atoms with Gasteiger partial charge >= 0.3 is 0 Å². The summed E-state index contributed by atoms with van der Waals surface area (Å²) in [5.41, 5.74) is 0.759. The van der Waals surface area contributed by atoms with Gasteiger partial charge in [-0.05, 0) is 24.6 Å². The van der Waals surface area contributed by atoms with E-state index >= 15 is 0 Å². The normalized spacial score (nSPS) is 11.9. The van der Waals surface area contributed by atoms with E-state index in [-0.39, 0.29) is 23.7 Å². The first-order valence-electron chi connectivity index (χ1n) is 6.24. The van der Waals surface area contributed by atoms with E-state index in [4.69, 9.17) is 4.74 Å². The van der Waals surface area contributed by atoms with Crippen molar-refractivity contribution in [1.29, 1.82) is 0 Å². The molecule has 2 aromatic rings. The number of Topliss-reactive ketones (excluding diaryl/α,β-unsaturated/α-hetero) is 1. The Labute approximate surface area is 116 Å². The molecule has 0 aliphatic heterocycles. The van der Waals surface area contributed by atoms with Crippen LogP contribution in [0, 0.1) is 5.82 Å². The van der Waals surface area contributed by atoms with Crippen molar-refractivity contribution in [2.75, 3.05) is 6.61 Å². The molecular formula is C16H15FO3. The minimum atomic E-state index is -0.785. The van der Waals surface area contributed by atoms with Gasteiger partial charge in [-0.15, -0.1) is 0 Å². The zero-order valence-corrected chi connectivity index (χ0v) is 11.0. The molecule has 0 radical (unpaired) electrons. The summed E-state index contributed by atoms with van der Waals surface area (Å²) in [7, 11) is 0. The molecule has 1 atom stereocenters. The van der Waals surface area contributed by atoms with Crippen LogP contribution in [0.15, 0.2) is 48.5 Å². The number of halogens is 1. The van der Waals surface area contributed by atoms with E-state index in [1.807, 2.05) is 18.2 Å². The van der Waals surface area contributed by atoms with E-state index in [1.165, 1.54) is 19.1 Å². The van der Waals surface area contributed by atoms with E-state index in [0.29, 0.717) is 0 Å². The van der Waals surface area contributed by atoms with Gasteiger partial charge in [0.1, 0.15) is 24.3 Å². The SMILES string of the molecule is CC(=O)c1ccc(OCC(O)c2ccccc2)cc1F. The molecule has 0 amide bonds. The molecule has 2 rings (SSSR count). The third-order valence-electron chi connectivity index (χ3n) is 2.91. The Hall–Kier alpha value is -2.20. The maximum atomic E-state index is 13.6. The summed E-state index contributed by atoms with van der Waals surface area (Å²) >= 11 is 0. The molecule has 0 aliphatic rings. The third-order valence-corrected chi connectivity index (χ3v) is 2.91. The van der Waals surface area contributed by atoms with Gasteiger partial charge in [-0.1, -0.05) is 30.3 Å². The Morgan fingerprint density at radius 2 is 1.95 bits per heavy atom. The minimum Gasteiger partial charge on any atom is -0.490 e. The lowest BCUT2D eigenvalue weighted by Crippen LogP contribution is -2.10. The van der Waals surface area contributed by atoms with Crippen molar-refractivity contribution in [3.63, 3.8) is 0 Å². The molecule has 4 heteroatoms. The number of aliphatic hydroxyl groups excluding tert-OH is 1. The maximum absolute atomic E-state index is 13.6. The number of ketones is 1. The number of hydrogen-bond acceptors (Lipinski definition) is 3. The molecule has 104 valence electrons. The molecule has 0 fully saturated rings. The van der Waals surface area contributed by atoms with Gasteiger partial charge < -0.3 is 9.84 Å². The van der Waals surface area contributed by atoms with Gasteiger partial charge in [0.05, 0.1) is 5.56 Å². The zero-order valence-electron chi connectivity index (χ0n) is 11.0. The average molecular weight is 274 g/mol. The topological polar surface area (TPSA) is 46.5 Å². The smallest absolute Gasteiger partial charge is 0.162 e. The Bertz CT molecular complexity index is 596. The number of carbonyl (C=O) groups is 1. The molecule has 20 heavy (non-hydrogen) atoms. The predicted molar refractivity (Wildman–Crippen MR) is 73.3 cm³/mol. The van der Waals surface area contributed by atoms with Crippen LogP contribution in [0.1, 0.15) is 28.9 Å². The first-order chi connectivity index (χ1) is 9.58. The van der Waals surface area contributed by atoms with Crippen LogP contribution in [0.25, 0.3) is 0 Å². The Morgan fingerprint density at radius 1 is 1.25 bits per heavy atom. The highest BCUT2D eigenvalue weighted by Crippen LogP contribution is 2.19. The monoisotopic (exact) mass is 274 g/mol. The molecule has 0 saturated heterocycles. The second-order valence-electron chi connectivity index (χ2n) is 4.44. The van der Waals surface area contributed by atoms with Gasteiger partial charge in [0.25, 0.3) is 0 Å². The summed E-state index contributed by atoms with van der Waals surface area (Å²) in [5.74, 6) is -0.676. The molecule has 1 N–H and O–H groups in total. The average Bonchev–Trinajstić information content (AvgIpc) is 2.45. The minimum absolute atomic E-state index is 0.0167. The van der Waals surface area contributed by atoms with Crippen LogP contribution in [0.5, 0.6) is 5.75 Å². The van der Waals surface area contributed by atoms with Crippen molar-refractivity contribution in [3.05, 3.63) is 65.5 Å². The van der Waals surface area contributed by atoms with E-state index in [1.54, 1.807) is 12.1 Å². The molecule has 0 bridgehead atoms. The molecule has 0 spiro atoms. The van der Waals surface area contributed by atoms with Gasteiger partial charge in [-0.25, -0.2) is 4.39 Å². The first-order valence-corrected chi connectivity index (χ1v) is 6.24. The van der Waals surface area contributed by atoms with Gasteiger partial charge in [-0.3, -0.25) is 4.79 Å². The standard InChI is InChI=1S/C16H15FO3/c1-11(18)14-8-7-13(9-15(14)17)20-10-16(19)12-5-3-2-4-6-12/h2-9,16,19H,10H2,1H3. The Morgan fingerprint density at radius 3 is 2.55 bits per heavy atom. The summed E-state index contributed by atoms with van der Waals surface area (Å²) < 4.78 is 18.9. The Kier molecular flexibility index (Phi) is 4.48. The zero-order chi connectivity index (χ0) is 14.5. The van der Waals surface area contributed by atoms with E-state index in [0.717, 1.165) is 11.6 Å². The second-order valence-corrected chi connectivity index (χ2v) is 4.44. The van der Waals surface area contributed by atoms with Crippen LogP contribution in [0.3, 0.4) is 0 Å². The molecule has 0 saturated carbocycles. The quantitative estimate of drug-likeness (QED) is 0.852. The van der Waals surface area contributed by atoms with E-state index < -0.39 is 11.9 Å². The summed E-state index contributed by atoms with van der Waals surface area (Å²) in [6, 6.07) is 13.1. The molecular weight excluding hydrogens is 259 g/mol. The van der Waals surface area contributed by atoms with Crippen LogP contribution in [-0.4, -0.2) is 17.5 Å². The molecule has 0 aromatic heterocycles. The highest BCUT2D eigenvalue weighted by molar-refractivity contribution is 5.94. The Balaban J connectivity index is 2.01. The molecule has 2 aromatic carbocycles. The molecule has 0 aliphatic carbocycles. The van der Waals surface area contributed by atoms with Crippen LogP contribution < -0.4 is 4.74 Å².